The van der Waals surface area contributed by atoms with Gasteiger partial charge in [0.15, 0.2) is 0 Å². The lowest BCUT2D eigenvalue weighted by atomic mass is 9.92. The fraction of sp³-hybridized carbons (Fsp3) is 0.714. The van der Waals surface area contributed by atoms with Crippen LogP contribution in [0.15, 0.2) is 11.6 Å². The second-order valence-corrected chi connectivity index (χ2v) is 6.91. The molecule has 1 aromatic rings. The van der Waals surface area contributed by atoms with E-state index in [1.807, 2.05) is 16.5 Å². The SMILES string of the molecule is CC(=O)N1CCC2(CC1)C[C@H]2N(C)Cc1nccs1. The molecule has 19 heavy (non-hydrogen) atoms. The number of nitrogens with zero attached hydrogens (tertiary/aromatic N) is 3. The third kappa shape index (κ3) is 2.54. The minimum Gasteiger partial charge on any atom is -0.343 e. The van der Waals surface area contributed by atoms with Gasteiger partial charge in [-0.1, -0.05) is 0 Å². The van der Waals surface area contributed by atoms with Crippen molar-refractivity contribution in [1.82, 2.24) is 14.8 Å². The Balaban J connectivity index is 1.54. The van der Waals surface area contributed by atoms with Gasteiger partial charge in [0.05, 0.1) is 6.54 Å². The summed E-state index contributed by atoms with van der Waals surface area (Å²) in [6, 6.07) is 0.686. The lowest BCUT2D eigenvalue weighted by molar-refractivity contribution is -0.130. The average Bonchev–Trinajstić information content (AvgIpc) is 2.84. The fourth-order valence-electron chi connectivity index (χ4n) is 3.41. The summed E-state index contributed by atoms with van der Waals surface area (Å²) in [5.41, 5.74) is 0.484. The average molecular weight is 279 g/mol. The zero-order valence-electron chi connectivity index (χ0n) is 11.6. The van der Waals surface area contributed by atoms with Crippen LogP contribution in [0, 0.1) is 5.41 Å². The van der Waals surface area contributed by atoms with Gasteiger partial charge >= 0.3 is 0 Å². The van der Waals surface area contributed by atoms with Crippen LogP contribution in [0.3, 0.4) is 0 Å². The van der Waals surface area contributed by atoms with Gasteiger partial charge in [-0.15, -0.1) is 11.3 Å². The minimum absolute atomic E-state index is 0.225. The first-order valence-electron chi connectivity index (χ1n) is 6.95. The number of amides is 1. The summed E-state index contributed by atoms with van der Waals surface area (Å²) in [5.74, 6) is 0.225. The minimum atomic E-state index is 0.225. The molecule has 2 aliphatic rings. The topological polar surface area (TPSA) is 36.4 Å². The molecule has 0 radical (unpaired) electrons. The van der Waals surface area contributed by atoms with Gasteiger partial charge in [0.2, 0.25) is 5.91 Å². The zero-order valence-corrected chi connectivity index (χ0v) is 12.4. The molecule has 1 amide bonds. The molecule has 1 aromatic heterocycles. The molecule has 1 atom stereocenters. The van der Waals surface area contributed by atoms with Crippen molar-refractivity contribution in [1.29, 1.82) is 0 Å². The van der Waals surface area contributed by atoms with Crippen LogP contribution in [-0.2, 0) is 11.3 Å². The summed E-state index contributed by atoms with van der Waals surface area (Å²) in [6.07, 6.45) is 5.50. The lowest BCUT2D eigenvalue weighted by Crippen LogP contribution is -2.40. The Morgan fingerprint density at radius 2 is 2.32 bits per heavy atom. The summed E-state index contributed by atoms with van der Waals surface area (Å²) < 4.78 is 0. The number of thiazole rings is 1. The molecule has 1 saturated heterocycles. The number of carbonyl (C=O) groups excluding carboxylic acids is 1. The van der Waals surface area contributed by atoms with Gasteiger partial charge < -0.3 is 4.90 Å². The van der Waals surface area contributed by atoms with Crippen molar-refractivity contribution in [2.75, 3.05) is 20.1 Å². The van der Waals surface area contributed by atoms with Crippen molar-refractivity contribution in [2.45, 2.75) is 38.8 Å². The van der Waals surface area contributed by atoms with Crippen molar-refractivity contribution < 1.29 is 4.79 Å². The maximum absolute atomic E-state index is 11.4. The Hall–Kier alpha value is -0.940. The standard InChI is InChI=1S/C14H21N3OS/c1-11(18)17-6-3-14(4-7-17)9-12(14)16(2)10-13-15-5-8-19-13/h5,8,12H,3-4,6-7,9-10H2,1-2H3/t12-/m1/s1. The second kappa shape index (κ2) is 4.87. The Morgan fingerprint density at radius 1 is 1.58 bits per heavy atom. The van der Waals surface area contributed by atoms with Gasteiger partial charge in [-0.3, -0.25) is 9.69 Å². The summed E-state index contributed by atoms with van der Waals surface area (Å²) in [4.78, 5) is 20.2. The van der Waals surface area contributed by atoms with Gasteiger partial charge in [-0.25, -0.2) is 4.98 Å². The van der Waals surface area contributed by atoms with Crippen LogP contribution in [0.5, 0.6) is 0 Å². The van der Waals surface area contributed by atoms with Crippen LogP contribution in [-0.4, -0.2) is 46.9 Å². The second-order valence-electron chi connectivity index (χ2n) is 5.93. The Labute approximate surface area is 118 Å². The van der Waals surface area contributed by atoms with Crippen LogP contribution >= 0.6 is 11.3 Å². The first-order chi connectivity index (χ1) is 9.11. The third-order valence-electron chi connectivity index (χ3n) is 4.75. The predicted octanol–water partition coefficient (Wildman–Crippen LogP) is 1.98. The first kappa shape index (κ1) is 13.1. The van der Waals surface area contributed by atoms with Crippen molar-refractivity contribution in [3.8, 4) is 0 Å². The van der Waals surface area contributed by atoms with Gasteiger partial charge in [0.1, 0.15) is 5.01 Å². The molecule has 0 bridgehead atoms. The molecule has 2 heterocycles. The van der Waals surface area contributed by atoms with E-state index < -0.39 is 0 Å². The monoisotopic (exact) mass is 279 g/mol. The number of carbonyl (C=O) groups is 1. The fourth-order valence-corrected chi connectivity index (χ4v) is 4.09. The molecule has 1 saturated carbocycles. The van der Waals surface area contributed by atoms with Crippen LogP contribution in [0.1, 0.15) is 31.2 Å². The van der Waals surface area contributed by atoms with Crippen molar-refractivity contribution in [2.24, 2.45) is 5.41 Å². The molecule has 3 rings (SSSR count). The van der Waals surface area contributed by atoms with E-state index in [4.69, 9.17) is 0 Å². The summed E-state index contributed by atoms with van der Waals surface area (Å²) in [7, 11) is 2.21. The van der Waals surface area contributed by atoms with Crippen LogP contribution in [0.4, 0.5) is 0 Å². The van der Waals surface area contributed by atoms with E-state index in [2.05, 4.69) is 16.9 Å². The van der Waals surface area contributed by atoms with E-state index in [-0.39, 0.29) is 5.91 Å². The molecule has 2 fully saturated rings. The summed E-state index contributed by atoms with van der Waals surface area (Å²) >= 11 is 1.73. The molecule has 1 aliphatic heterocycles. The highest BCUT2D eigenvalue weighted by atomic mass is 32.1. The largest absolute Gasteiger partial charge is 0.343 e. The number of aromatic nitrogens is 1. The van der Waals surface area contributed by atoms with Gasteiger partial charge in [-0.05, 0) is 31.7 Å². The van der Waals surface area contributed by atoms with Crippen LogP contribution in [0.2, 0.25) is 0 Å². The smallest absolute Gasteiger partial charge is 0.219 e. The van der Waals surface area contributed by atoms with Gasteiger partial charge in [-0.2, -0.15) is 0 Å². The van der Waals surface area contributed by atoms with E-state index in [0.29, 0.717) is 11.5 Å². The van der Waals surface area contributed by atoms with Crippen molar-refractivity contribution >= 4 is 17.2 Å². The molecule has 0 N–H and O–H groups in total. The normalized spacial score (nSPS) is 25.0. The number of hydrogen-bond acceptors (Lipinski definition) is 4. The quantitative estimate of drug-likeness (QED) is 0.849. The Bertz CT molecular complexity index is 451. The van der Waals surface area contributed by atoms with E-state index in [1.54, 1.807) is 18.3 Å². The maximum Gasteiger partial charge on any atom is 0.219 e. The highest BCUT2D eigenvalue weighted by Gasteiger charge is 2.56. The zero-order chi connectivity index (χ0) is 13.5. The molecular weight excluding hydrogens is 258 g/mol. The van der Waals surface area contributed by atoms with Crippen LogP contribution < -0.4 is 0 Å². The molecule has 1 aliphatic carbocycles. The van der Waals surface area contributed by atoms with Crippen molar-refractivity contribution in [3.63, 3.8) is 0 Å². The molecule has 104 valence electrons. The van der Waals surface area contributed by atoms with Gasteiger partial charge in [0.25, 0.3) is 0 Å². The molecule has 1 spiro atoms. The van der Waals surface area contributed by atoms with E-state index in [1.165, 1.54) is 24.3 Å². The summed E-state index contributed by atoms with van der Waals surface area (Å²) in [6.45, 7) is 4.52. The number of likely N-dealkylation sites (tertiary alicyclic amines) is 1. The third-order valence-corrected chi connectivity index (χ3v) is 5.52. The predicted molar refractivity (Wildman–Crippen MR) is 75.9 cm³/mol. The maximum atomic E-state index is 11.4. The van der Waals surface area contributed by atoms with E-state index in [9.17, 15) is 4.79 Å². The van der Waals surface area contributed by atoms with E-state index in [0.717, 1.165) is 19.6 Å². The highest BCUT2D eigenvalue weighted by molar-refractivity contribution is 7.09. The molecule has 0 unspecified atom stereocenters. The van der Waals surface area contributed by atoms with Crippen LogP contribution in [0.25, 0.3) is 0 Å². The number of piperidine rings is 1. The number of hydrogen-bond donors (Lipinski definition) is 0. The Kier molecular flexibility index (Phi) is 3.35. The highest BCUT2D eigenvalue weighted by Crippen LogP contribution is 2.56. The summed E-state index contributed by atoms with van der Waals surface area (Å²) in [5, 5.41) is 3.24. The van der Waals surface area contributed by atoms with Crippen molar-refractivity contribution in [3.05, 3.63) is 16.6 Å². The van der Waals surface area contributed by atoms with E-state index >= 15 is 0 Å². The number of rotatable bonds is 3. The van der Waals surface area contributed by atoms with Gasteiger partial charge in [0, 0.05) is 37.6 Å². The molecular formula is C14H21N3OS. The first-order valence-corrected chi connectivity index (χ1v) is 7.83. The Morgan fingerprint density at radius 3 is 2.89 bits per heavy atom. The lowest BCUT2D eigenvalue weighted by Gasteiger charge is -2.33. The molecule has 5 heteroatoms. The molecule has 4 nitrogen and oxygen atoms in total. The molecule has 0 aromatic carbocycles.